The average Bonchev–Trinajstić information content (AvgIpc) is 2.28. The second-order valence-corrected chi connectivity index (χ2v) is 6.31. The van der Waals surface area contributed by atoms with Gasteiger partial charge in [-0.3, -0.25) is 9.80 Å². The van der Waals surface area contributed by atoms with Gasteiger partial charge in [0.05, 0.1) is 0 Å². The first-order chi connectivity index (χ1) is 8.45. The molecule has 0 saturated carbocycles. The number of hydrogen-bond donors (Lipinski definition) is 0. The molecule has 1 aromatic rings. The van der Waals surface area contributed by atoms with Gasteiger partial charge in [-0.25, -0.2) is 4.98 Å². The lowest BCUT2D eigenvalue weighted by Crippen LogP contribution is -2.53. The molecule has 1 saturated heterocycles. The van der Waals surface area contributed by atoms with Crippen LogP contribution < -0.4 is 0 Å². The normalized spacial score (nSPS) is 19.1. The summed E-state index contributed by atoms with van der Waals surface area (Å²) >= 11 is 5.91. The fourth-order valence-corrected chi connectivity index (χ4v) is 2.57. The molecule has 0 aromatic carbocycles. The molecule has 2 rings (SSSR count). The summed E-state index contributed by atoms with van der Waals surface area (Å²) in [5.74, 6) is 0. The van der Waals surface area contributed by atoms with Gasteiger partial charge >= 0.3 is 0 Å². The zero-order chi connectivity index (χ0) is 13.2. The standard InChI is InChI=1S/C14H22ClN3/c1-14(2,3)18-8-6-17(7-9-18)11-12-4-5-16-13(15)10-12/h4-5,10H,6-9,11H2,1-3H3. The molecular formula is C14H22ClN3. The average molecular weight is 268 g/mol. The van der Waals surface area contributed by atoms with E-state index in [0.717, 1.165) is 32.7 Å². The summed E-state index contributed by atoms with van der Waals surface area (Å²) in [7, 11) is 0. The van der Waals surface area contributed by atoms with Gasteiger partial charge in [-0.15, -0.1) is 0 Å². The fourth-order valence-electron chi connectivity index (χ4n) is 2.38. The molecule has 1 fully saturated rings. The summed E-state index contributed by atoms with van der Waals surface area (Å²) in [5, 5.41) is 0.584. The molecule has 0 atom stereocenters. The van der Waals surface area contributed by atoms with Crippen LogP contribution in [0.25, 0.3) is 0 Å². The highest BCUT2D eigenvalue weighted by Gasteiger charge is 2.25. The number of aromatic nitrogens is 1. The number of rotatable bonds is 2. The van der Waals surface area contributed by atoms with Crippen LogP contribution in [-0.2, 0) is 6.54 Å². The van der Waals surface area contributed by atoms with Crippen molar-refractivity contribution < 1.29 is 0 Å². The van der Waals surface area contributed by atoms with Gasteiger partial charge in [-0.2, -0.15) is 0 Å². The summed E-state index contributed by atoms with van der Waals surface area (Å²) in [6.07, 6.45) is 1.78. The minimum absolute atomic E-state index is 0.284. The van der Waals surface area contributed by atoms with Crippen LogP contribution in [0.2, 0.25) is 5.15 Å². The smallest absolute Gasteiger partial charge is 0.129 e. The molecule has 0 unspecified atom stereocenters. The molecule has 18 heavy (non-hydrogen) atoms. The van der Waals surface area contributed by atoms with Crippen molar-refractivity contribution >= 4 is 11.6 Å². The van der Waals surface area contributed by atoms with Gasteiger partial charge in [0, 0.05) is 44.5 Å². The number of nitrogens with zero attached hydrogens (tertiary/aromatic N) is 3. The van der Waals surface area contributed by atoms with Crippen molar-refractivity contribution in [3.8, 4) is 0 Å². The quantitative estimate of drug-likeness (QED) is 0.768. The largest absolute Gasteiger partial charge is 0.297 e. The summed E-state index contributed by atoms with van der Waals surface area (Å²) in [4.78, 5) is 9.04. The first-order valence-electron chi connectivity index (χ1n) is 6.53. The predicted octanol–water partition coefficient (Wildman–Crippen LogP) is 2.65. The van der Waals surface area contributed by atoms with Gasteiger partial charge in [-0.1, -0.05) is 11.6 Å². The van der Waals surface area contributed by atoms with E-state index in [-0.39, 0.29) is 5.54 Å². The maximum absolute atomic E-state index is 5.91. The maximum atomic E-state index is 5.91. The van der Waals surface area contributed by atoms with Gasteiger partial charge < -0.3 is 0 Å². The molecule has 0 N–H and O–H groups in total. The predicted molar refractivity (Wildman–Crippen MR) is 75.9 cm³/mol. The van der Waals surface area contributed by atoms with E-state index in [9.17, 15) is 0 Å². The summed E-state index contributed by atoms with van der Waals surface area (Å²) < 4.78 is 0. The maximum Gasteiger partial charge on any atom is 0.129 e. The summed E-state index contributed by atoms with van der Waals surface area (Å²) in [6, 6.07) is 4.00. The second kappa shape index (κ2) is 5.55. The third kappa shape index (κ3) is 3.67. The molecule has 3 nitrogen and oxygen atoms in total. The van der Waals surface area contributed by atoms with Crippen molar-refractivity contribution in [1.82, 2.24) is 14.8 Å². The van der Waals surface area contributed by atoms with Crippen LogP contribution in [0.1, 0.15) is 26.3 Å². The zero-order valence-electron chi connectivity index (χ0n) is 11.5. The van der Waals surface area contributed by atoms with Crippen molar-refractivity contribution in [3.63, 3.8) is 0 Å². The van der Waals surface area contributed by atoms with Crippen molar-refractivity contribution in [2.24, 2.45) is 0 Å². The third-order valence-corrected chi connectivity index (χ3v) is 3.72. The lowest BCUT2D eigenvalue weighted by Gasteiger charge is -2.42. The van der Waals surface area contributed by atoms with Crippen LogP contribution in [0.4, 0.5) is 0 Å². The summed E-state index contributed by atoms with van der Waals surface area (Å²) in [5.41, 5.74) is 1.53. The fraction of sp³-hybridized carbons (Fsp3) is 0.643. The van der Waals surface area contributed by atoms with Gasteiger partial charge in [0.2, 0.25) is 0 Å². The van der Waals surface area contributed by atoms with E-state index in [1.54, 1.807) is 6.20 Å². The monoisotopic (exact) mass is 267 g/mol. The van der Waals surface area contributed by atoms with Gasteiger partial charge in [-0.05, 0) is 38.5 Å². The Hall–Kier alpha value is -0.640. The zero-order valence-corrected chi connectivity index (χ0v) is 12.2. The number of hydrogen-bond acceptors (Lipinski definition) is 3. The molecule has 0 spiro atoms. The van der Waals surface area contributed by atoms with Gasteiger partial charge in [0.1, 0.15) is 5.15 Å². The minimum Gasteiger partial charge on any atom is -0.297 e. The Labute approximate surface area is 115 Å². The van der Waals surface area contributed by atoms with Crippen LogP contribution >= 0.6 is 11.6 Å². The van der Waals surface area contributed by atoms with Crippen molar-refractivity contribution in [3.05, 3.63) is 29.0 Å². The molecule has 100 valence electrons. The first-order valence-corrected chi connectivity index (χ1v) is 6.91. The Morgan fingerprint density at radius 2 is 1.89 bits per heavy atom. The molecule has 1 aliphatic rings. The van der Waals surface area contributed by atoms with Crippen LogP contribution in [0, 0.1) is 0 Å². The van der Waals surface area contributed by atoms with Crippen molar-refractivity contribution in [2.75, 3.05) is 26.2 Å². The van der Waals surface area contributed by atoms with Crippen LogP contribution in [0.3, 0.4) is 0 Å². The lowest BCUT2D eigenvalue weighted by molar-refractivity contribution is 0.0591. The molecule has 4 heteroatoms. The number of pyridine rings is 1. The molecule has 1 aromatic heterocycles. The Morgan fingerprint density at radius 3 is 2.44 bits per heavy atom. The van der Waals surface area contributed by atoms with E-state index in [0.29, 0.717) is 5.15 Å². The first kappa shape index (κ1) is 13.8. The van der Waals surface area contributed by atoms with Crippen LogP contribution in [0.5, 0.6) is 0 Å². The highest BCUT2D eigenvalue weighted by molar-refractivity contribution is 6.29. The number of halogens is 1. The molecule has 1 aliphatic heterocycles. The Kier molecular flexibility index (Phi) is 4.25. The molecule has 0 bridgehead atoms. The number of piperazine rings is 1. The van der Waals surface area contributed by atoms with E-state index in [2.05, 4.69) is 35.6 Å². The van der Waals surface area contributed by atoms with Crippen LogP contribution in [0.15, 0.2) is 18.3 Å². The molecule has 0 amide bonds. The topological polar surface area (TPSA) is 19.4 Å². The van der Waals surface area contributed by atoms with Crippen LogP contribution in [-0.4, -0.2) is 46.5 Å². The highest BCUT2D eigenvalue weighted by Crippen LogP contribution is 2.17. The van der Waals surface area contributed by atoms with Gasteiger partial charge in [0.25, 0.3) is 0 Å². The van der Waals surface area contributed by atoms with E-state index in [1.807, 2.05) is 12.1 Å². The van der Waals surface area contributed by atoms with E-state index in [4.69, 9.17) is 11.6 Å². The minimum atomic E-state index is 0.284. The highest BCUT2D eigenvalue weighted by atomic mass is 35.5. The van der Waals surface area contributed by atoms with Crippen molar-refractivity contribution in [2.45, 2.75) is 32.9 Å². The molecule has 0 aliphatic carbocycles. The Balaban J connectivity index is 1.87. The molecule has 2 heterocycles. The van der Waals surface area contributed by atoms with Gasteiger partial charge in [0.15, 0.2) is 0 Å². The Morgan fingerprint density at radius 1 is 1.22 bits per heavy atom. The molecule has 0 radical (unpaired) electrons. The van der Waals surface area contributed by atoms with E-state index < -0.39 is 0 Å². The van der Waals surface area contributed by atoms with E-state index >= 15 is 0 Å². The van der Waals surface area contributed by atoms with E-state index in [1.165, 1.54) is 5.56 Å². The third-order valence-electron chi connectivity index (χ3n) is 3.52. The van der Waals surface area contributed by atoms with Crippen molar-refractivity contribution in [1.29, 1.82) is 0 Å². The lowest BCUT2D eigenvalue weighted by atomic mass is 10.0. The second-order valence-electron chi connectivity index (χ2n) is 5.92. The Bertz CT molecular complexity index is 392. The SMILES string of the molecule is CC(C)(C)N1CCN(Cc2ccnc(Cl)c2)CC1. The molecular weight excluding hydrogens is 246 g/mol. The summed E-state index contributed by atoms with van der Waals surface area (Å²) in [6.45, 7) is 12.3.